The molecule has 2 aromatic carbocycles. The van der Waals surface area contributed by atoms with E-state index < -0.39 is 0 Å². The van der Waals surface area contributed by atoms with Crippen LogP contribution in [0, 0.1) is 0 Å². The zero-order valence-corrected chi connectivity index (χ0v) is 14.0. The summed E-state index contributed by atoms with van der Waals surface area (Å²) in [6.07, 6.45) is 0.211. The molecule has 2 aromatic rings. The average Bonchev–Trinajstić information content (AvgIpc) is 3.08. The SMILES string of the molecule is C[C@@H](CC(=O)NCc1ccc2c(c1)OCO2)NC(=O)c1ccccc1. The van der Waals surface area contributed by atoms with E-state index in [1.807, 2.05) is 24.3 Å². The number of carbonyl (C=O) groups excluding carboxylic acids is 2. The van der Waals surface area contributed by atoms with Gasteiger partial charge in [-0.3, -0.25) is 9.59 Å². The summed E-state index contributed by atoms with van der Waals surface area (Å²) in [4.78, 5) is 24.1. The first-order chi connectivity index (χ1) is 12.1. The maximum absolute atomic E-state index is 12.1. The molecule has 1 heterocycles. The third kappa shape index (κ3) is 4.50. The van der Waals surface area contributed by atoms with Crippen LogP contribution in [0.15, 0.2) is 48.5 Å². The molecule has 0 saturated carbocycles. The zero-order valence-electron chi connectivity index (χ0n) is 14.0. The molecule has 1 aliphatic heterocycles. The molecule has 2 N–H and O–H groups in total. The van der Waals surface area contributed by atoms with E-state index in [1.54, 1.807) is 31.2 Å². The van der Waals surface area contributed by atoms with Crippen molar-refractivity contribution in [3.63, 3.8) is 0 Å². The predicted octanol–water partition coefficient (Wildman–Crippen LogP) is 2.24. The lowest BCUT2D eigenvalue weighted by atomic mass is 10.1. The summed E-state index contributed by atoms with van der Waals surface area (Å²) in [7, 11) is 0. The van der Waals surface area contributed by atoms with Crippen LogP contribution in [-0.2, 0) is 11.3 Å². The first kappa shape index (κ1) is 16.8. The van der Waals surface area contributed by atoms with E-state index in [0.717, 1.165) is 5.56 Å². The minimum atomic E-state index is -0.260. The number of ether oxygens (including phenoxy) is 2. The summed E-state index contributed by atoms with van der Waals surface area (Å²) >= 11 is 0. The minimum absolute atomic E-state index is 0.126. The van der Waals surface area contributed by atoms with Crippen molar-refractivity contribution in [1.29, 1.82) is 0 Å². The van der Waals surface area contributed by atoms with Gasteiger partial charge in [0.1, 0.15) is 0 Å². The maximum Gasteiger partial charge on any atom is 0.251 e. The first-order valence-electron chi connectivity index (χ1n) is 8.13. The summed E-state index contributed by atoms with van der Waals surface area (Å²) in [6.45, 7) is 2.43. The van der Waals surface area contributed by atoms with Crippen LogP contribution in [0.2, 0.25) is 0 Å². The zero-order chi connectivity index (χ0) is 17.6. The second-order valence-corrected chi connectivity index (χ2v) is 5.91. The predicted molar refractivity (Wildman–Crippen MR) is 92.4 cm³/mol. The van der Waals surface area contributed by atoms with Crippen molar-refractivity contribution >= 4 is 11.8 Å². The van der Waals surface area contributed by atoms with Crippen LogP contribution in [0.1, 0.15) is 29.3 Å². The van der Waals surface area contributed by atoms with Crippen molar-refractivity contribution in [1.82, 2.24) is 10.6 Å². The van der Waals surface area contributed by atoms with Gasteiger partial charge in [-0.1, -0.05) is 24.3 Å². The van der Waals surface area contributed by atoms with Gasteiger partial charge in [0.15, 0.2) is 11.5 Å². The molecule has 1 aliphatic rings. The fourth-order valence-corrected chi connectivity index (χ4v) is 2.55. The molecule has 2 amide bonds. The molecule has 25 heavy (non-hydrogen) atoms. The lowest BCUT2D eigenvalue weighted by Crippen LogP contribution is -2.37. The van der Waals surface area contributed by atoms with Gasteiger partial charge >= 0.3 is 0 Å². The normalized spacial score (nSPS) is 13.2. The van der Waals surface area contributed by atoms with Gasteiger partial charge in [-0.2, -0.15) is 0 Å². The molecule has 0 fully saturated rings. The standard InChI is InChI=1S/C19H20N2O4/c1-13(21-19(23)15-5-3-2-4-6-15)9-18(22)20-11-14-7-8-16-17(10-14)25-12-24-16/h2-8,10,13H,9,11-12H2,1H3,(H,20,22)(H,21,23)/t13-/m0/s1. The first-order valence-corrected chi connectivity index (χ1v) is 8.13. The van der Waals surface area contributed by atoms with E-state index in [4.69, 9.17) is 9.47 Å². The molecule has 0 bridgehead atoms. The number of amides is 2. The molecule has 6 heteroatoms. The van der Waals surface area contributed by atoms with E-state index >= 15 is 0 Å². The molecule has 6 nitrogen and oxygen atoms in total. The Kier molecular flexibility index (Phi) is 5.18. The van der Waals surface area contributed by atoms with Gasteiger partial charge in [-0.25, -0.2) is 0 Å². The van der Waals surface area contributed by atoms with Gasteiger partial charge < -0.3 is 20.1 Å². The van der Waals surface area contributed by atoms with E-state index in [2.05, 4.69) is 10.6 Å². The van der Waals surface area contributed by atoms with Crippen LogP contribution in [0.5, 0.6) is 11.5 Å². The Labute approximate surface area is 146 Å². The molecule has 1 atom stereocenters. The van der Waals surface area contributed by atoms with Crippen molar-refractivity contribution in [2.45, 2.75) is 25.9 Å². The number of nitrogens with one attached hydrogen (secondary N) is 2. The Morgan fingerprint density at radius 2 is 1.84 bits per heavy atom. The molecule has 0 saturated heterocycles. The van der Waals surface area contributed by atoms with Crippen LogP contribution in [0.25, 0.3) is 0 Å². The molecule has 3 rings (SSSR count). The number of hydrogen-bond acceptors (Lipinski definition) is 4. The number of carbonyl (C=O) groups is 2. The second kappa shape index (κ2) is 7.70. The van der Waals surface area contributed by atoms with E-state index in [-0.39, 0.29) is 31.1 Å². The number of hydrogen-bond donors (Lipinski definition) is 2. The highest BCUT2D eigenvalue weighted by Crippen LogP contribution is 2.32. The molecule has 0 radical (unpaired) electrons. The lowest BCUT2D eigenvalue weighted by Gasteiger charge is -2.14. The summed E-state index contributed by atoms with van der Waals surface area (Å²) in [5.74, 6) is 1.10. The molecule has 0 aromatic heterocycles. The van der Waals surface area contributed by atoms with Crippen LogP contribution >= 0.6 is 0 Å². The third-order valence-corrected chi connectivity index (χ3v) is 3.83. The number of fused-ring (bicyclic) bond motifs is 1. The van der Waals surface area contributed by atoms with Crippen molar-refractivity contribution in [3.05, 3.63) is 59.7 Å². The van der Waals surface area contributed by atoms with E-state index in [0.29, 0.717) is 23.6 Å². The van der Waals surface area contributed by atoms with Crippen LogP contribution in [0.3, 0.4) is 0 Å². The Morgan fingerprint density at radius 1 is 1.08 bits per heavy atom. The van der Waals surface area contributed by atoms with Crippen LogP contribution in [-0.4, -0.2) is 24.6 Å². The maximum atomic E-state index is 12.1. The smallest absolute Gasteiger partial charge is 0.251 e. The minimum Gasteiger partial charge on any atom is -0.454 e. The molecular weight excluding hydrogens is 320 g/mol. The molecule has 0 aliphatic carbocycles. The highest BCUT2D eigenvalue weighted by Gasteiger charge is 2.15. The van der Waals surface area contributed by atoms with Crippen LogP contribution < -0.4 is 20.1 Å². The third-order valence-electron chi connectivity index (χ3n) is 3.83. The Hall–Kier alpha value is -3.02. The van der Waals surface area contributed by atoms with Crippen LogP contribution in [0.4, 0.5) is 0 Å². The second-order valence-electron chi connectivity index (χ2n) is 5.91. The number of benzene rings is 2. The van der Waals surface area contributed by atoms with Gasteiger partial charge in [-0.15, -0.1) is 0 Å². The van der Waals surface area contributed by atoms with Gasteiger partial charge in [0, 0.05) is 24.6 Å². The van der Waals surface area contributed by atoms with E-state index in [1.165, 1.54) is 0 Å². The summed E-state index contributed by atoms with van der Waals surface area (Å²) in [6, 6.07) is 14.2. The topological polar surface area (TPSA) is 76.7 Å². The highest BCUT2D eigenvalue weighted by atomic mass is 16.7. The Morgan fingerprint density at radius 3 is 2.64 bits per heavy atom. The van der Waals surface area contributed by atoms with Crippen molar-refractivity contribution < 1.29 is 19.1 Å². The van der Waals surface area contributed by atoms with Crippen molar-refractivity contribution in [2.75, 3.05) is 6.79 Å². The average molecular weight is 340 g/mol. The van der Waals surface area contributed by atoms with Crippen molar-refractivity contribution in [3.8, 4) is 11.5 Å². The van der Waals surface area contributed by atoms with Crippen molar-refractivity contribution in [2.24, 2.45) is 0 Å². The molecule has 0 spiro atoms. The lowest BCUT2D eigenvalue weighted by molar-refractivity contribution is -0.121. The molecular formula is C19H20N2O4. The Balaban J connectivity index is 1.45. The fourth-order valence-electron chi connectivity index (χ4n) is 2.55. The summed E-state index contributed by atoms with van der Waals surface area (Å²) in [5, 5.41) is 5.67. The monoisotopic (exact) mass is 340 g/mol. The fraction of sp³-hybridized carbons (Fsp3) is 0.263. The molecule has 130 valence electrons. The largest absolute Gasteiger partial charge is 0.454 e. The van der Waals surface area contributed by atoms with Gasteiger partial charge in [0.25, 0.3) is 5.91 Å². The van der Waals surface area contributed by atoms with E-state index in [9.17, 15) is 9.59 Å². The quantitative estimate of drug-likeness (QED) is 0.845. The van der Waals surface area contributed by atoms with Gasteiger partial charge in [0.2, 0.25) is 12.7 Å². The summed E-state index contributed by atoms with van der Waals surface area (Å²) < 4.78 is 10.6. The molecule has 0 unspecified atom stereocenters. The Bertz CT molecular complexity index is 761. The van der Waals surface area contributed by atoms with Gasteiger partial charge in [-0.05, 0) is 36.8 Å². The summed E-state index contributed by atoms with van der Waals surface area (Å²) in [5.41, 5.74) is 1.51. The van der Waals surface area contributed by atoms with Gasteiger partial charge in [0.05, 0.1) is 0 Å². The highest BCUT2D eigenvalue weighted by molar-refractivity contribution is 5.94. The number of rotatable bonds is 6.